The summed E-state index contributed by atoms with van der Waals surface area (Å²) in [7, 11) is 3.31. The van der Waals surface area contributed by atoms with E-state index in [-0.39, 0.29) is 17.2 Å². The van der Waals surface area contributed by atoms with Gasteiger partial charge in [-0.3, -0.25) is 9.59 Å². The zero-order valence-corrected chi connectivity index (χ0v) is 15.4. The van der Waals surface area contributed by atoms with Crippen LogP contribution in [0.5, 0.6) is 5.75 Å². The van der Waals surface area contributed by atoms with E-state index >= 15 is 0 Å². The zero-order valence-electron chi connectivity index (χ0n) is 14.6. The number of hydrogen-bond donors (Lipinski definition) is 1. The van der Waals surface area contributed by atoms with Gasteiger partial charge in [0.1, 0.15) is 5.75 Å². The quantitative estimate of drug-likeness (QED) is 0.675. The molecule has 1 heterocycles. The summed E-state index contributed by atoms with van der Waals surface area (Å²) in [6, 6.07) is 14.9. The van der Waals surface area contributed by atoms with Crippen molar-refractivity contribution in [2.45, 2.75) is 11.6 Å². The van der Waals surface area contributed by atoms with Gasteiger partial charge in [0.15, 0.2) is 5.03 Å². The Balaban J connectivity index is 1.63. The Hall–Kier alpha value is -2.80. The molecule has 7 heteroatoms. The number of thioether (sulfide) groups is 1. The third-order valence-electron chi connectivity index (χ3n) is 3.92. The van der Waals surface area contributed by atoms with Gasteiger partial charge in [-0.25, -0.2) is 4.98 Å². The van der Waals surface area contributed by atoms with Crippen LogP contribution in [0, 0.1) is 0 Å². The predicted molar refractivity (Wildman–Crippen MR) is 103 cm³/mol. The molecule has 0 saturated carbocycles. The third-order valence-corrected chi connectivity index (χ3v) is 4.86. The molecule has 0 spiro atoms. The summed E-state index contributed by atoms with van der Waals surface area (Å²) in [6.07, 6.45) is 0. The van der Waals surface area contributed by atoms with Crippen LogP contribution in [0.1, 0.15) is 5.56 Å². The number of nitrogens with one attached hydrogen (secondary N) is 1. The van der Waals surface area contributed by atoms with Gasteiger partial charge in [-0.15, -0.1) is 0 Å². The van der Waals surface area contributed by atoms with Gasteiger partial charge in [0.05, 0.1) is 23.9 Å². The van der Waals surface area contributed by atoms with Gasteiger partial charge in [-0.05, 0) is 29.8 Å². The molecule has 0 fully saturated rings. The highest BCUT2D eigenvalue weighted by Crippen LogP contribution is 2.16. The smallest absolute Gasteiger partial charge is 0.283 e. The number of rotatable bonds is 6. The van der Waals surface area contributed by atoms with Crippen molar-refractivity contribution in [3.8, 4) is 5.75 Å². The van der Waals surface area contributed by atoms with Crippen LogP contribution in [0.3, 0.4) is 0 Å². The second kappa shape index (κ2) is 8.05. The molecule has 2 aromatic carbocycles. The highest BCUT2D eigenvalue weighted by atomic mass is 32.2. The molecule has 0 unspecified atom stereocenters. The van der Waals surface area contributed by atoms with E-state index < -0.39 is 0 Å². The van der Waals surface area contributed by atoms with Crippen LogP contribution in [-0.4, -0.2) is 28.3 Å². The van der Waals surface area contributed by atoms with Gasteiger partial charge in [0.25, 0.3) is 5.56 Å². The van der Waals surface area contributed by atoms with Crippen LogP contribution in [0.2, 0.25) is 0 Å². The van der Waals surface area contributed by atoms with Gasteiger partial charge < -0.3 is 14.6 Å². The van der Waals surface area contributed by atoms with Crippen molar-refractivity contribution >= 4 is 28.7 Å². The Kier molecular flexibility index (Phi) is 5.58. The molecule has 1 amide bonds. The van der Waals surface area contributed by atoms with Crippen molar-refractivity contribution in [1.29, 1.82) is 0 Å². The maximum Gasteiger partial charge on any atom is 0.283 e. The fraction of sp³-hybridized carbons (Fsp3) is 0.211. The normalized spacial score (nSPS) is 10.7. The van der Waals surface area contributed by atoms with Gasteiger partial charge in [-0.2, -0.15) is 0 Å². The number of hydrogen-bond acceptors (Lipinski definition) is 5. The van der Waals surface area contributed by atoms with E-state index in [9.17, 15) is 9.59 Å². The molecule has 0 aliphatic carbocycles. The number of fused-ring (bicyclic) bond motifs is 1. The second-order valence-corrected chi connectivity index (χ2v) is 6.65. The lowest BCUT2D eigenvalue weighted by Gasteiger charge is -2.08. The van der Waals surface area contributed by atoms with Gasteiger partial charge >= 0.3 is 0 Å². The summed E-state index contributed by atoms with van der Waals surface area (Å²) >= 11 is 1.15. The Bertz CT molecular complexity index is 1000. The number of aromatic nitrogens is 2. The molecule has 0 aliphatic heterocycles. The SMILES string of the molecule is COc1cccc(CNC(=O)CSc2nc3ccccc3n(C)c2=O)c1. The second-order valence-electron chi connectivity index (χ2n) is 5.69. The predicted octanol–water partition coefficient (Wildman–Crippen LogP) is 2.35. The lowest BCUT2D eigenvalue weighted by Crippen LogP contribution is -2.26. The Morgan fingerprint density at radius 2 is 2.04 bits per heavy atom. The van der Waals surface area contributed by atoms with Gasteiger partial charge in [0.2, 0.25) is 5.91 Å². The molecule has 0 saturated heterocycles. The summed E-state index contributed by atoms with van der Waals surface area (Å²) < 4.78 is 6.72. The molecule has 3 aromatic rings. The number of carbonyl (C=O) groups is 1. The van der Waals surface area contributed by atoms with Crippen LogP contribution in [0.4, 0.5) is 0 Å². The van der Waals surface area contributed by atoms with E-state index in [0.717, 1.165) is 34.1 Å². The van der Waals surface area contributed by atoms with Crippen molar-refractivity contribution in [3.63, 3.8) is 0 Å². The first-order valence-corrected chi connectivity index (χ1v) is 9.05. The largest absolute Gasteiger partial charge is 0.497 e. The number of aryl methyl sites for hydroxylation is 1. The van der Waals surface area contributed by atoms with Gasteiger partial charge in [0, 0.05) is 13.6 Å². The number of ether oxygens (including phenoxy) is 1. The summed E-state index contributed by atoms with van der Waals surface area (Å²) in [6.45, 7) is 0.403. The molecule has 0 atom stereocenters. The molecule has 0 bridgehead atoms. The number of nitrogens with zero attached hydrogens (tertiary/aromatic N) is 2. The number of methoxy groups -OCH3 is 1. The lowest BCUT2D eigenvalue weighted by atomic mass is 10.2. The topological polar surface area (TPSA) is 73.2 Å². The fourth-order valence-electron chi connectivity index (χ4n) is 2.51. The van der Waals surface area contributed by atoms with Crippen LogP contribution >= 0.6 is 11.8 Å². The van der Waals surface area contributed by atoms with E-state index in [1.807, 2.05) is 48.5 Å². The first kappa shape index (κ1) is 18.0. The number of carbonyl (C=O) groups excluding carboxylic acids is 1. The van der Waals surface area contributed by atoms with E-state index in [1.54, 1.807) is 18.7 Å². The summed E-state index contributed by atoms with van der Waals surface area (Å²) in [4.78, 5) is 28.9. The van der Waals surface area contributed by atoms with Crippen molar-refractivity contribution in [2.24, 2.45) is 7.05 Å². The Morgan fingerprint density at radius 3 is 2.85 bits per heavy atom. The van der Waals surface area contributed by atoms with Crippen molar-refractivity contribution in [2.75, 3.05) is 12.9 Å². The van der Waals surface area contributed by atoms with E-state index in [2.05, 4.69) is 10.3 Å². The van der Waals surface area contributed by atoms with Crippen LogP contribution in [0.25, 0.3) is 11.0 Å². The molecule has 6 nitrogen and oxygen atoms in total. The lowest BCUT2D eigenvalue weighted by molar-refractivity contribution is -0.118. The number of para-hydroxylation sites is 2. The van der Waals surface area contributed by atoms with Crippen LogP contribution < -0.4 is 15.6 Å². The molecule has 0 radical (unpaired) electrons. The minimum absolute atomic E-state index is 0.130. The van der Waals surface area contributed by atoms with E-state index in [0.29, 0.717) is 11.6 Å². The molecule has 134 valence electrons. The average Bonchev–Trinajstić information content (AvgIpc) is 2.68. The van der Waals surface area contributed by atoms with Crippen LogP contribution in [-0.2, 0) is 18.4 Å². The molecular formula is C19H19N3O3S. The first-order chi connectivity index (χ1) is 12.6. The Morgan fingerprint density at radius 1 is 1.23 bits per heavy atom. The zero-order chi connectivity index (χ0) is 18.5. The van der Waals surface area contributed by atoms with Gasteiger partial charge in [-0.1, -0.05) is 36.0 Å². The highest BCUT2D eigenvalue weighted by molar-refractivity contribution is 7.99. The van der Waals surface area contributed by atoms with E-state index in [1.165, 1.54) is 0 Å². The summed E-state index contributed by atoms with van der Waals surface area (Å²) in [5.41, 5.74) is 2.25. The number of benzene rings is 2. The summed E-state index contributed by atoms with van der Waals surface area (Å²) in [5, 5.41) is 3.16. The molecule has 1 aromatic heterocycles. The third kappa shape index (κ3) is 4.05. The first-order valence-electron chi connectivity index (χ1n) is 8.06. The Labute approximate surface area is 155 Å². The minimum atomic E-state index is -0.200. The standard InChI is InChI=1S/C19H19N3O3S/c1-22-16-9-4-3-8-15(16)21-18(19(22)24)26-12-17(23)20-11-13-6-5-7-14(10-13)25-2/h3-10H,11-12H2,1-2H3,(H,20,23). The van der Waals surface area contributed by atoms with Crippen molar-refractivity contribution in [1.82, 2.24) is 14.9 Å². The monoisotopic (exact) mass is 369 g/mol. The molecule has 1 N–H and O–H groups in total. The minimum Gasteiger partial charge on any atom is -0.497 e. The maximum atomic E-state index is 12.4. The fourth-order valence-corrected chi connectivity index (χ4v) is 3.31. The molecular weight excluding hydrogens is 350 g/mol. The molecule has 3 rings (SSSR count). The highest BCUT2D eigenvalue weighted by Gasteiger charge is 2.11. The average molecular weight is 369 g/mol. The van der Waals surface area contributed by atoms with Crippen molar-refractivity contribution in [3.05, 3.63) is 64.4 Å². The molecule has 26 heavy (non-hydrogen) atoms. The van der Waals surface area contributed by atoms with Crippen molar-refractivity contribution < 1.29 is 9.53 Å². The molecule has 0 aliphatic rings. The van der Waals surface area contributed by atoms with Crippen LogP contribution in [0.15, 0.2) is 58.4 Å². The number of amides is 1. The van der Waals surface area contributed by atoms with E-state index in [4.69, 9.17) is 4.74 Å². The maximum absolute atomic E-state index is 12.4. The summed E-state index contributed by atoms with van der Waals surface area (Å²) in [5.74, 6) is 0.717.